The van der Waals surface area contributed by atoms with Crippen LogP contribution in [0, 0.1) is 0 Å². The third-order valence-corrected chi connectivity index (χ3v) is 4.00. The molecule has 0 radical (unpaired) electrons. The van der Waals surface area contributed by atoms with Gasteiger partial charge in [-0.3, -0.25) is 0 Å². The Bertz CT molecular complexity index is 519. The summed E-state index contributed by atoms with van der Waals surface area (Å²) in [4.78, 5) is 0. The molecule has 0 atom stereocenters. The summed E-state index contributed by atoms with van der Waals surface area (Å²) in [5, 5.41) is 3.50. The molecule has 108 valence electrons. The van der Waals surface area contributed by atoms with Crippen LogP contribution < -0.4 is 5.32 Å². The van der Waals surface area contributed by atoms with Crippen molar-refractivity contribution >= 4 is 11.8 Å². The maximum Gasteiger partial charge on any atom is 0.118 e. The number of furan rings is 1. The predicted molar refractivity (Wildman–Crippen MR) is 87.1 cm³/mol. The zero-order chi connectivity index (χ0) is 14.4. The van der Waals surface area contributed by atoms with E-state index >= 15 is 0 Å². The number of hydrogen-bond acceptors (Lipinski definition) is 3. The average Bonchev–Trinajstić information content (AvgIpc) is 2.88. The van der Waals surface area contributed by atoms with E-state index in [0.29, 0.717) is 0 Å². The zero-order valence-electron chi connectivity index (χ0n) is 12.5. The van der Waals surface area contributed by atoms with Crippen molar-refractivity contribution in [2.75, 3.05) is 12.8 Å². The van der Waals surface area contributed by atoms with E-state index in [4.69, 9.17) is 4.42 Å². The number of rotatable bonds is 7. The van der Waals surface area contributed by atoms with Crippen LogP contribution in [0.1, 0.15) is 30.9 Å². The Kier molecular flexibility index (Phi) is 5.32. The molecule has 20 heavy (non-hydrogen) atoms. The van der Waals surface area contributed by atoms with Crippen molar-refractivity contribution in [1.82, 2.24) is 5.32 Å². The van der Waals surface area contributed by atoms with E-state index in [2.05, 4.69) is 67.9 Å². The lowest BCUT2D eigenvalue weighted by Crippen LogP contribution is -2.32. The largest absolute Gasteiger partial charge is 0.464 e. The molecule has 0 aliphatic rings. The molecular weight excluding hydrogens is 266 g/mol. The second-order valence-corrected chi connectivity index (χ2v) is 6.52. The minimum absolute atomic E-state index is 0.121. The standard InChI is InChI=1S/C17H23NOS/c1-17(2,14-7-5-4-6-8-14)13-18-11-15-9-10-16(19-15)12-20-3/h4-10,18H,11-13H2,1-3H3. The van der Waals surface area contributed by atoms with Crippen molar-refractivity contribution < 1.29 is 4.42 Å². The normalized spacial score (nSPS) is 11.8. The van der Waals surface area contributed by atoms with E-state index < -0.39 is 0 Å². The molecule has 0 aliphatic heterocycles. The van der Waals surface area contributed by atoms with Gasteiger partial charge in [-0.2, -0.15) is 11.8 Å². The van der Waals surface area contributed by atoms with E-state index in [-0.39, 0.29) is 5.41 Å². The van der Waals surface area contributed by atoms with Gasteiger partial charge in [-0.05, 0) is 24.0 Å². The van der Waals surface area contributed by atoms with E-state index in [1.807, 2.05) is 0 Å². The molecular formula is C17H23NOS. The topological polar surface area (TPSA) is 25.2 Å². The maximum atomic E-state index is 5.76. The van der Waals surface area contributed by atoms with Crippen LogP contribution in [-0.4, -0.2) is 12.8 Å². The highest BCUT2D eigenvalue weighted by molar-refractivity contribution is 7.97. The molecule has 0 amide bonds. The first-order valence-corrected chi connectivity index (χ1v) is 8.34. The van der Waals surface area contributed by atoms with Gasteiger partial charge in [0.1, 0.15) is 11.5 Å². The molecule has 1 N–H and O–H groups in total. The molecule has 2 rings (SSSR count). The molecule has 0 aliphatic carbocycles. The molecule has 1 aromatic heterocycles. The van der Waals surface area contributed by atoms with E-state index in [1.54, 1.807) is 11.8 Å². The van der Waals surface area contributed by atoms with E-state index in [9.17, 15) is 0 Å². The van der Waals surface area contributed by atoms with Crippen LogP contribution in [-0.2, 0) is 17.7 Å². The Morgan fingerprint density at radius 1 is 1.05 bits per heavy atom. The minimum atomic E-state index is 0.121. The van der Waals surface area contributed by atoms with Gasteiger partial charge in [0, 0.05) is 12.0 Å². The van der Waals surface area contributed by atoms with Gasteiger partial charge in [-0.15, -0.1) is 0 Å². The fraction of sp³-hybridized carbons (Fsp3) is 0.412. The highest BCUT2D eigenvalue weighted by atomic mass is 32.2. The molecule has 0 bridgehead atoms. The van der Waals surface area contributed by atoms with Gasteiger partial charge in [0.05, 0.1) is 12.3 Å². The molecule has 3 heteroatoms. The van der Waals surface area contributed by atoms with Gasteiger partial charge in [0.2, 0.25) is 0 Å². The van der Waals surface area contributed by atoms with Crippen molar-refractivity contribution in [3.63, 3.8) is 0 Å². The molecule has 0 spiro atoms. The summed E-state index contributed by atoms with van der Waals surface area (Å²) in [6, 6.07) is 14.7. The molecule has 0 saturated heterocycles. The van der Waals surface area contributed by atoms with Crippen LogP contribution in [0.15, 0.2) is 46.9 Å². The fourth-order valence-electron chi connectivity index (χ4n) is 2.23. The Morgan fingerprint density at radius 3 is 2.45 bits per heavy atom. The molecule has 1 aromatic carbocycles. The molecule has 2 aromatic rings. The number of nitrogens with one attached hydrogen (secondary N) is 1. The second kappa shape index (κ2) is 7.00. The third-order valence-electron chi connectivity index (χ3n) is 3.43. The highest BCUT2D eigenvalue weighted by Gasteiger charge is 2.19. The lowest BCUT2D eigenvalue weighted by molar-refractivity contribution is 0.423. The second-order valence-electron chi connectivity index (χ2n) is 5.65. The minimum Gasteiger partial charge on any atom is -0.464 e. The molecule has 0 unspecified atom stereocenters. The quantitative estimate of drug-likeness (QED) is 0.826. The Morgan fingerprint density at radius 2 is 1.75 bits per heavy atom. The number of thioether (sulfide) groups is 1. The number of hydrogen-bond donors (Lipinski definition) is 1. The van der Waals surface area contributed by atoms with Crippen molar-refractivity contribution in [1.29, 1.82) is 0 Å². The molecule has 0 saturated carbocycles. The van der Waals surface area contributed by atoms with Crippen LogP contribution in [0.5, 0.6) is 0 Å². The van der Waals surface area contributed by atoms with Gasteiger partial charge in [0.15, 0.2) is 0 Å². The smallest absolute Gasteiger partial charge is 0.118 e. The van der Waals surface area contributed by atoms with Crippen LogP contribution >= 0.6 is 11.8 Å². The Hall–Kier alpha value is -1.19. The summed E-state index contributed by atoms with van der Waals surface area (Å²) in [6.07, 6.45) is 2.09. The summed E-state index contributed by atoms with van der Waals surface area (Å²) in [5.41, 5.74) is 1.48. The summed E-state index contributed by atoms with van der Waals surface area (Å²) in [6.45, 7) is 6.23. The summed E-state index contributed by atoms with van der Waals surface area (Å²) >= 11 is 1.78. The highest BCUT2D eigenvalue weighted by Crippen LogP contribution is 2.22. The molecule has 0 fully saturated rings. The Labute approximate surface area is 126 Å². The van der Waals surface area contributed by atoms with Gasteiger partial charge < -0.3 is 9.73 Å². The summed E-state index contributed by atoms with van der Waals surface area (Å²) < 4.78 is 5.76. The van der Waals surface area contributed by atoms with Crippen LogP contribution in [0.4, 0.5) is 0 Å². The van der Waals surface area contributed by atoms with Crippen molar-refractivity contribution in [2.24, 2.45) is 0 Å². The lowest BCUT2D eigenvalue weighted by Gasteiger charge is -2.25. The van der Waals surface area contributed by atoms with Crippen molar-refractivity contribution in [2.45, 2.75) is 31.6 Å². The van der Waals surface area contributed by atoms with Gasteiger partial charge in [-0.1, -0.05) is 44.2 Å². The summed E-state index contributed by atoms with van der Waals surface area (Å²) in [7, 11) is 0. The van der Waals surface area contributed by atoms with Gasteiger partial charge in [0.25, 0.3) is 0 Å². The lowest BCUT2D eigenvalue weighted by atomic mass is 9.84. The first-order valence-electron chi connectivity index (χ1n) is 6.94. The molecule has 2 nitrogen and oxygen atoms in total. The predicted octanol–water partition coefficient (Wildman–Crippen LogP) is 4.21. The van der Waals surface area contributed by atoms with Crippen molar-refractivity contribution in [3.8, 4) is 0 Å². The van der Waals surface area contributed by atoms with Crippen molar-refractivity contribution in [3.05, 3.63) is 59.5 Å². The maximum absolute atomic E-state index is 5.76. The van der Waals surface area contributed by atoms with Crippen LogP contribution in [0.25, 0.3) is 0 Å². The molecule has 1 heterocycles. The van der Waals surface area contributed by atoms with Gasteiger partial charge >= 0.3 is 0 Å². The van der Waals surface area contributed by atoms with Crippen LogP contribution in [0.3, 0.4) is 0 Å². The third kappa shape index (κ3) is 4.15. The zero-order valence-corrected chi connectivity index (χ0v) is 13.3. The van der Waals surface area contributed by atoms with Gasteiger partial charge in [-0.25, -0.2) is 0 Å². The summed E-state index contributed by atoms with van der Waals surface area (Å²) in [5.74, 6) is 3.00. The fourth-order valence-corrected chi connectivity index (χ4v) is 2.67. The Balaban J connectivity index is 1.85. The van der Waals surface area contributed by atoms with E-state index in [0.717, 1.165) is 30.4 Å². The monoisotopic (exact) mass is 289 g/mol. The average molecular weight is 289 g/mol. The number of benzene rings is 1. The van der Waals surface area contributed by atoms with E-state index in [1.165, 1.54) is 5.56 Å². The first-order chi connectivity index (χ1) is 9.62. The first kappa shape index (κ1) is 15.2. The van der Waals surface area contributed by atoms with Crippen LogP contribution in [0.2, 0.25) is 0 Å². The SMILES string of the molecule is CSCc1ccc(CNCC(C)(C)c2ccccc2)o1.